The molecule has 0 amide bonds. The van der Waals surface area contributed by atoms with Gasteiger partial charge in [0.15, 0.2) is 0 Å². The first-order chi connectivity index (χ1) is 28.6. The van der Waals surface area contributed by atoms with Gasteiger partial charge in [-0.1, -0.05) is 55.4 Å². The molecule has 0 saturated carbocycles. The molecule has 8 saturated heterocycles. The molecule has 8 fully saturated rings. The molecule has 360 valence electrons. The maximum atomic E-state index is 8.87. The summed E-state index contributed by atoms with van der Waals surface area (Å²) in [5.41, 5.74) is 0. The van der Waals surface area contributed by atoms with Crippen LogP contribution >= 0.6 is 0 Å². The number of hydrogen-bond donors (Lipinski definition) is 4. The predicted molar refractivity (Wildman–Crippen MR) is 227 cm³/mol. The fraction of sp³-hybridized carbons (Fsp3) is 1.00. The summed E-state index contributed by atoms with van der Waals surface area (Å²) in [4.78, 5) is 0. The van der Waals surface area contributed by atoms with Crippen molar-refractivity contribution in [2.45, 2.75) is 104 Å². The van der Waals surface area contributed by atoms with Crippen molar-refractivity contribution < 1.29 is 77.3 Å². The van der Waals surface area contributed by atoms with Crippen LogP contribution in [-0.4, -0.2) is 203 Å². The van der Waals surface area contributed by atoms with E-state index in [1.165, 1.54) is 0 Å². The third kappa shape index (κ3) is 23.9. The van der Waals surface area contributed by atoms with Crippen molar-refractivity contribution in [3.05, 3.63) is 0 Å². The van der Waals surface area contributed by atoms with E-state index in [-0.39, 0.29) is 24.4 Å². The highest BCUT2D eigenvalue weighted by atomic mass is 16.6. The molecule has 0 aliphatic carbocycles. The van der Waals surface area contributed by atoms with E-state index in [9.17, 15) is 0 Å². The number of rotatable bonds is 4. The number of aliphatic hydroxyl groups is 4. The monoisotopic (exact) mass is 873 g/mol. The lowest BCUT2D eigenvalue weighted by atomic mass is 10.1. The summed E-state index contributed by atoms with van der Waals surface area (Å²) >= 11 is 0. The fourth-order valence-electron chi connectivity index (χ4n) is 6.37. The van der Waals surface area contributed by atoms with Gasteiger partial charge in [0.2, 0.25) is 0 Å². The molecule has 0 aromatic rings. The molecule has 8 heterocycles. The maximum absolute atomic E-state index is 8.87. The third-order valence-corrected chi connectivity index (χ3v) is 11.7. The topological polar surface area (TPSA) is 192 Å². The summed E-state index contributed by atoms with van der Waals surface area (Å²) in [6, 6.07) is 0. The Morgan fingerprint density at radius 2 is 0.400 bits per heavy atom. The van der Waals surface area contributed by atoms with Crippen LogP contribution in [0.15, 0.2) is 0 Å². The van der Waals surface area contributed by atoms with Crippen molar-refractivity contribution >= 4 is 0 Å². The SMILES string of the molecule is CO[C@@H]1COC[C@@H]1C.CO[C@@H]1COC[C@H]1C.CO[C@H]1COC[C@@H]1C.CO[C@H]1COC[C@H]1C.C[C@@H]1COC[C@@H]1O.C[C@@H]1COC[C@H]1O.C[C@H]1COC[C@@H]1O.C[C@H]1COC[C@H]1O. The second kappa shape index (κ2) is 33.8. The molecule has 16 heteroatoms. The second-order valence-corrected chi connectivity index (χ2v) is 17.5. The lowest BCUT2D eigenvalue weighted by molar-refractivity contribution is 0.0697. The van der Waals surface area contributed by atoms with E-state index in [1.807, 2.05) is 27.7 Å². The molecule has 60 heavy (non-hydrogen) atoms. The van der Waals surface area contributed by atoms with Crippen LogP contribution in [0.5, 0.6) is 0 Å². The summed E-state index contributed by atoms with van der Waals surface area (Å²) in [5.74, 6) is 3.72. The van der Waals surface area contributed by atoms with Gasteiger partial charge in [-0.3, -0.25) is 0 Å². The Hall–Kier alpha value is -0.640. The van der Waals surface area contributed by atoms with Crippen LogP contribution in [0.3, 0.4) is 0 Å². The van der Waals surface area contributed by atoms with Crippen molar-refractivity contribution in [2.24, 2.45) is 47.3 Å². The zero-order valence-electron chi connectivity index (χ0n) is 39.2. The number of ether oxygens (including phenoxy) is 12. The summed E-state index contributed by atoms with van der Waals surface area (Å²) in [5, 5.41) is 35.5. The summed E-state index contributed by atoms with van der Waals surface area (Å²) in [6.07, 6.45) is 0.537. The first kappa shape index (κ1) is 57.4. The average Bonchev–Trinajstić information content (AvgIpc) is 4.12. The zero-order valence-corrected chi connectivity index (χ0v) is 39.2. The molecule has 0 bridgehead atoms. The number of hydrogen-bond acceptors (Lipinski definition) is 16. The molecule has 8 aliphatic rings. The lowest BCUT2D eigenvalue weighted by Crippen LogP contribution is -2.17. The Bertz CT molecular complexity index is 816. The minimum atomic E-state index is -0.208. The van der Waals surface area contributed by atoms with E-state index in [0.717, 1.165) is 79.3 Å². The van der Waals surface area contributed by atoms with Gasteiger partial charge in [-0.25, -0.2) is 0 Å². The van der Waals surface area contributed by atoms with Crippen LogP contribution < -0.4 is 0 Å². The van der Waals surface area contributed by atoms with Gasteiger partial charge in [-0.2, -0.15) is 0 Å². The molecule has 0 spiro atoms. The van der Waals surface area contributed by atoms with Crippen molar-refractivity contribution in [3.63, 3.8) is 0 Å². The third-order valence-electron chi connectivity index (χ3n) is 11.7. The molecule has 4 N–H and O–H groups in total. The highest BCUT2D eigenvalue weighted by Crippen LogP contribution is 2.17. The average molecular weight is 873 g/mol. The molecule has 8 aliphatic heterocycles. The Kier molecular flexibility index (Phi) is 32.3. The standard InChI is InChI=1S/4C6H12O2.4C5H10O2/c4*1-5-3-8-4-6(5)7-2;4*1-4-2-7-3-5(4)6/h4*5-6H,3-4H2,1-2H3;4*4-6H,2-3H2,1H3/t2*5-,6+;2*5-,6-;2*4-,5+;2*4-,5-/m10101010/s1. The van der Waals surface area contributed by atoms with Gasteiger partial charge in [0.25, 0.3) is 0 Å². The molecular weight excluding hydrogens is 784 g/mol. The van der Waals surface area contributed by atoms with Gasteiger partial charge in [0.1, 0.15) is 0 Å². The van der Waals surface area contributed by atoms with E-state index in [4.69, 9.17) is 77.3 Å². The second-order valence-electron chi connectivity index (χ2n) is 17.5. The van der Waals surface area contributed by atoms with Gasteiger partial charge in [0, 0.05) is 75.8 Å². The van der Waals surface area contributed by atoms with Gasteiger partial charge in [-0.05, 0) is 0 Å². The van der Waals surface area contributed by atoms with E-state index < -0.39 is 0 Å². The molecule has 0 aromatic carbocycles. The minimum absolute atomic E-state index is 0.208. The van der Waals surface area contributed by atoms with Crippen molar-refractivity contribution in [1.82, 2.24) is 0 Å². The van der Waals surface area contributed by atoms with Crippen LogP contribution in [0.2, 0.25) is 0 Å². The Morgan fingerprint density at radius 1 is 0.250 bits per heavy atom. The lowest BCUT2D eigenvalue weighted by Gasteiger charge is -2.08. The van der Waals surface area contributed by atoms with E-state index in [1.54, 1.807) is 28.4 Å². The first-order valence-corrected chi connectivity index (χ1v) is 22.0. The minimum Gasteiger partial charge on any atom is -0.390 e. The van der Waals surface area contributed by atoms with Crippen LogP contribution in [0.1, 0.15) is 55.4 Å². The van der Waals surface area contributed by atoms with Crippen LogP contribution in [0, 0.1) is 47.3 Å². The van der Waals surface area contributed by atoms with Crippen molar-refractivity contribution in [2.75, 3.05) is 134 Å². The molecule has 16 atom stereocenters. The summed E-state index contributed by atoms with van der Waals surface area (Å²) < 4.78 is 60.6. The van der Waals surface area contributed by atoms with E-state index >= 15 is 0 Å². The Balaban J connectivity index is 0.000000343. The number of aliphatic hydroxyl groups excluding tert-OH is 4. The molecule has 16 nitrogen and oxygen atoms in total. The quantitative estimate of drug-likeness (QED) is 0.322. The molecule has 0 radical (unpaired) electrons. The van der Waals surface area contributed by atoms with Gasteiger partial charge >= 0.3 is 0 Å². The fourth-order valence-corrected chi connectivity index (χ4v) is 6.37. The summed E-state index contributed by atoms with van der Waals surface area (Å²) in [6.45, 7) is 28.0. The van der Waals surface area contributed by atoms with Crippen LogP contribution in [-0.2, 0) is 56.8 Å². The summed E-state index contributed by atoms with van der Waals surface area (Å²) in [7, 11) is 6.93. The number of methoxy groups -OCH3 is 4. The first-order valence-electron chi connectivity index (χ1n) is 22.0. The molecular formula is C44H88O16. The maximum Gasteiger partial charge on any atom is 0.0852 e. The van der Waals surface area contributed by atoms with E-state index in [2.05, 4.69) is 27.7 Å². The predicted octanol–water partition coefficient (Wildman–Crippen LogP) is 2.73. The van der Waals surface area contributed by atoms with Crippen LogP contribution in [0.25, 0.3) is 0 Å². The van der Waals surface area contributed by atoms with Crippen molar-refractivity contribution in [1.29, 1.82) is 0 Å². The van der Waals surface area contributed by atoms with Crippen LogP contribution in [0.4, 0.5) is 0 Å². The largest absolute Gasteiger partial charge is 0.390 e. The Labute approximate surface area is 362 Å². The molecule has 0 unspecified atom stereocenters. The Morgan fingerprint density at radius 3 is 0.450 bits per heavy atom. The van der Waals surface area contributed by atoms with Gasteiger partial charge in [-0.15, -0.1) is 0 Å². The normalized spacial score (nSPS) is 40.0. The van der Waals surface area contributed by atoms with Gasteiger partial charge < -0.3 is 77.3 Å². The zero-order chi connectivity index (χ0) is 45.0. The van der Waals surface area contributed by atoms with E-state index in [0.29, 0.717) is 98.2 Å². The highest BCUT2D eigenvalue weighted by Gasteiger charge is 2.26. The van der Waals surface area contributed by atoms with Crippen molar-refractivity contribution in [3.8, 4) is 0 Å². The molecule has 0 aromatic heterocycles. The van der Waals surface area contributed by atoms with Gasteiger partial charge in [0.05, 0.1) is 155 Å². The smallest absolute Gasteiger partial charge is 0.0852 e. The highest BCUT2D eigenvalue weighted by molar-refractivity contribution is 4.73. The molecule has 8 rings (SSSR count).